The molecule has 23 heavy (non-hydrogen) atoms. The maximum Gasteiger partial charge on any atom is 0.325 e. The first kappa shape index (κ1) is 19.7. The number of rotatable bonds is 11. The molecule has 0 radical (unpaired) electrons. The van der Waals surface area contributed by atoms with E-state index in [0.717, 1.165) is 37.7 Å². The molecule has 5 heteroatoms. The van der Waals surface area contributed by atoms with Crippen molar-refractivity contribution in [1.29, 1.82) is 0 Å². The second kappa shape index (κ2) is 9.06. The van der Waals surface area contributed by atoms with Crippen LogP contribution in [0.25, 0.3) is 0 Å². The van der Waals surface area contributed by atoms with Gasteiger partial charge in [0.15, 0.2) is 14.6 Å². The Balaban J connectivity index is 2.72. The number of hydrogen-bond donors (Lipinski definition) is 1. The highest BCUT2D eigenvalue weighted by molar-refractivity contribution is 7.93. The SMILES string of the molecule is CCCCCCCCS(=O)(=O)C(C)(Cc1ccccc1)C(=O)O. The molecule has 0 aliphatic carbocycles. The van der Waals surface area contributed by atoms with Gasteiger partial charge in [-0.3, -0.25) is 4.79 Å². The first-order valence-corrected chi connectivity index (χ1v) is 9.98. The molecule has 130 valence electrons. The molecule has 1 rings (SSSR count). The molecule has 0 aromatic heterocycles. The Bertz CT molecular complexity index is 580. The van der Waals surface area contributed by atoms with Crippen molar-refractivity contribution in [3.63, 3.8) is 0 Å². The molecule has 0 saturated carbocycles. The average molecular weight is 340 g/mol. The third-order valence-corrected chi connectivity index (χ3v) is 6.81. The summed E-state index contributed by atoms with van der Waals surface area (Å²) in [4.78, 5) is 11.7. The van der Waals surface area contributed by atoms with Gasteiger partial charge in [-0.05, 0) is 18.9 Å². The summed E-state index contributed by atoms with van der Waals surface area (Å²) in [5.74, 6) is -1.33. The maximum absolute atomic E-state index is 12.6. The zero-order valence-electron chi connectivity index (χ0n) is 14.1. The van der Waals surface area contributed by atoms with E-state index in [2.05, 4.69) is 6.92 Å². The van der Waals surface area contributed by atoms with Gasteiger partial charge in [-0.2, -0.15) is 0 Å². The maximum atomic E-state index is 12.6. The van der Waals surface area contributed by atoms with Gasteiger partial charge in [0.25, 0.3) is 0 Å². The number of unbranched alkanes of at least 4 members (excludes halogenated alkanes) is 5. The van der Waals surface area contributed by atoms with Crippen molar-refractivity contribution in [2.45, 2.75) is 63.5 Å². The minimum Gasteiger partial charge on any atom is -0.480 e. The Kier molecular flexibility index (Phi) is 7.76. The largest absolute Gasteiger partial charge is 0.480 e. The third-order valence-electron chi connectivity index (χ3n) is 4.29. The van der Waals surface area contributed by atoms with Gasteiger partial charge in [-0.25, -0.2) is 8.42 Å². The van der Waals surface area contributed by atoms with E-state index in [1.54, 1.807) is 24.3 Å². The predicted octanol–water partition coefficient (Wildman–Crippen LogP) is 3.85. The monoisotopic (exact) mass is 340 g/mol. The molecular formula is C18H28O4S. The lowest BCUT2D eigenvalue weighted by molar-refractivity contribution is -0.139. The molecule has 0 amide bonds. The van der Waals surface area contributed by atoms with E-state index in [1.807, 2.05) is 6.07 Å². The Morgan fingerprint density at radius 2 is 1.61 bits per heavy atom. The second-order valence-corrected chi connectivity index (χ2v) is 8.82. The minimum absolute atomic E-state index is 0.00133. The molecule has 1 unspecified atom stereocenters. The molecule has 0 fully saturated rings. The normalized spacial score (nSPS) is 14.3. The Hall–Kier alpha value is -1.36. The molecule has 0 heterocycles. The van der Waals surface area contributed by atoms with Gasteiger partial charge in [0.1, 0.15) is 0 Å². The zero-order chi connectivity index (χ0) is 17.3. The number of benzene rings is 1. The number of sulfone groups is 1. The molecule has 0 spiro atoms. The lowest BCUT2D eigenvalue weighted by atomic mass is 10.0. The van der Waals surface area contributed by atoms with Crippen LogP contribution in [0.15, 0.2) is 30.3 Å². The summed E-state index contributed by atoms with van der Waals surface area (Å²) in [5, 5.41) is 9.52. The van der Waals surface area contributed by atoms with Crippen LogP contribution in [0.2, 0.25) is 0 Å². The minimum atomic E-state index is -3.71. The predicted molar refractivity (Wildman–Crippen MR) is 93.3 cm³/mol. The van der Waals surface area contributed by atoms with E-state index in [1.165, 1.54) is 6.92 Å². The molecule has 0 aliphatic heterocycles. The molecule has 4 nitrogen and oxygen atoms in total. The second-order valence-electron chi connectivity index (χ2n) is 6.29. The number of carboxylic acid groups (broad SMARTS) is 1. The van der Waals surface area contributed by atoms with Crippen molar-refractivity contribution in [1.82, 2.24) is 0 Å². The van der Waals surface area contributed by atoms with Crippen molar-refractivity contribution in [2.75, 3.05) is 5.75 Å². The van der Waals surface area contributed by atoms with E-state index in [0.29, 0.717) is 6.42 Å². The standard InChI is InChI=1S/C18H28O4S/c1-3-4-5-6-7-11-14-23(21,22)18(2,17(19)20)15-16-12-9-8-10-13-16/h8-10,12-13H,3-7,11,14-15H2,1-2H3,(H,19,20). The summed E-state index contributed by atoms with van der Waals surface area (Å²) in [6, 6.07) is 8.94. The van der Waals surface area contributed by atoms with Crippen molar-refractivity contribution >= 4 is 15.8 Å². The van der Waals surface area contributed by atoms with Gasteiger partial charge in [0.05, 0.1) is 5.75 Å². The van der Waals surface area contributed by atoms with E-state index in [-0.39, 0.29) is 12.2 Å². The number of aliphatic carboxylic acids is 1. The van der Waals surface area contributed by atoms with Crippen molar-refractivity contribution in [3.05, 3.63) is 35.9 Å². The van der Waals surface area contributed by atoms with Gasteiger partial charge in [0.2, 0.25) is 0 Å². The summed E-state index contributed by atoms with van der Waals surface area (Å²) in [6.45, 7) is 3.46. The van der Waals surface area contributed by atoms with Crippen LogP contribution in [0.3, 0.4) is 0 Å². The van der Waals surface area contributed by atoms with Crippen molar-refractivity contribution in [3.8, 4) is 0 Å². The highest BCUT2D eigenvalue weighted by Gasteiger charge is 2.45. The van der Waals surface area contributed by atoms with Crippen LogP contribution in [0.1, 0.15) is 57.9 Å². The Morgan fingerprint density at radius 1 is 1.04 bits per heavy atom. The van der Waals surface area contributed by atoms with Gasteiger partial charge in [-0.15, -0.1) is 0 Å². The molecule has 0 bridgehead atoms. The summed E-state index contributed by atoms with van der Waals surface area (Å²) in [7, 11) is -3.71. The summed E-state index contributed by atoms with van der Waals surface area (Å²) in [5.41, 5.74) is 0.726. The number of hydrogen-bond acceptors (Lipinski definition) is 3. The fourth-order valence-corrected chi connectivity index (χ4v) is 4.29. The summed E-state index contributed by atoms with van der Waals surface area (Å²) in [6.07, 6.45) is 5.79. The molecule has 1 aromatic rings. The molecule has 0 saturated heterocycles. The highest BCUT2D eigenvalue weighted by atomic mass is 32.2. The molecular weight excluding hydrogens is 312 g/mol. The van der Waals surface area contributed by atoms with Crippen LogP contribution in [0, 0.1) is 0 Å². The lowest BCUT2D eigenvalue weighted by Crippen LogP contribution is -2.46. The smallest absolute Gasteiger partial charge is 0.325 e. The quantitative estimate of drug-likeness (QED) is 0.621. The fraction of sp³-hybridized carbons (Fsp3) is 0.611. The van der Waals surface area contributed by atoms with Crippen LogP contribution >= 0.6 is 0 Å². The first-order chi connectivity index (χ1) is 10.8. The third kappa shape index (κ3) is 5.65. The van der Waals surface area contributed by atoms with Gasteiger partial charge in [0, 0.05) is 6.42 Å². The van der Waals surface area contributed by atoms with Crippen molar-refractivity contribution < 1.29 is 18.3 Å². The summed E-state index contributed by atoms with van der Waals surface area (Å²) >= 11 is 0. The van der Waals surface area contributed by atoms with Gasteiger partial charge in [-0.1, -0.05) is 69.4 Å². The lowest BCUT2D eigenvalue weighted by Gasteiger charge is -2.25. The highest BCUT2D eigenvalue weighted by Crippen LogP contribution is 2.25. The molecule has 0 aliphatic rings. The van der Waals surface area contributed by atoms with Crippen LogP contribution in [-0.4, -0.2) is 30.0 Å². The van der Waals surface area contributed by atoms with Crippen LogP contribution in [-0.2, 0) is 21.1 Å². The number of carbonyl (C=O) groups is 1. The van der Waals surface area contributed by atoms with E-state index < -0.39 is 20.6 Å². The van der Waals surface area contributed by atoms with Gasteiger partial charge >= 0.3 is 5.97 Å². The van der Waals surface area contributed by atoms with Crippen LogP contribution in [0.4, 0.5) is 0 Å². The van der Waals surface area contributed by atoms with Gasteiger partial charge < -0.3 is 5.11 Å². The first-order valence-electron chi connectivity index (χ1n) is 8.33. The fourth-order valence-electron chi connectivity index (χ4n) is 2.60. The van der Waals surface area contributed by atoms with Crippen LogP contribution < -0.4 is 0 Å². The summed E-state index contributed by atoms with van der Waals surface area (Å²) < 4.78 is 23.4. The molecule has 1 atom stereocenters. The average Bonchev–Trinajstić information content (AvgIpc) is 2.51. The van der Waals surface area contributed by atoms with Crippen molar-refractivity contribution in [2.24, 2.45) is 0 Å². The van der Waals surface area contributed by atoms with Crippen LogP contribution in [0.5, 0.6) is 0 Å². The molecule has 1 N–H and O–H groups in total. The molecule has 1 aromatic carbocycles. The topological polar surface area (TPSA) is 71.4 Å². The zero-order valence-corrected chi connectivity index (χ0v) is 14.9. The Labute approximate surface area is 139 Å². The van der Waals surface area contributed by atoms with E-state index >= 15 is 0 Å². The van der Waals surface area contributed by atoms with E-state index in [9.17, 15) is 18.3 Å². The Morgan fingerprint density at radius 3 is 2.17 bits per heavy atom. The number of carboxylic acids is 1. The van der Waals surface area contributed by atoms with E-state index in [4.69, 9.17) is 0 Å².